The van der Waals surface area contributed by atoms with Gasteiger partial charge in [-0.25, -0.2) is 4.39 Å². The molecule has 1 heterocycles. The van der Waals surface area contributed by atoms with Gasteiger partial charge in [0.05, 0.1) is 19.5 Å². The Morgan fingerprint density at radius 3 is 2.56 bits per heavy atom. The van der Waals surface area contributed by atoms with Crippen LogP contribution in [0.3, 0.4) is 0 Å². The maximum Gasteiger partial charge on any atom is 0.306 e. The number of hydrogen-bond acceptors (Lipinski definition) is 5. The van der Waals surface area contributed by atoms with Crippen LogP contribution in [0.2, 0.25) is 0 Å². The molecule has 0 radical (unpaired) electrons. The van der Waals surface area contributed by atoms with Crippen molar-refractivity contribution in [1.82, 2.24) is 0 Å². The quantitative estimate of drug-likeness (QED) is 0.770. The van der Waals surface area contributed by atoms with E-state index < -0.39 is 15.9 Å². The highest BCUT2D eigenvalue weighted by Gasteiger charge is 2.14. The van der Waals surface area contributed by atoms with E-state index in [0.29, 0.717) is 32.0 Å². The number of nitrogens with zero attached hydrogens (tertiary/aromatic N) is 1. The van der Waals surface area contributed by atoms with Crippen molar-refractivity contribution in [3.8, 4) is 5.75 Å². The van der Waals surface area contributed by atoms with Gasteiger partial charge in [-0.3, -0.25) is 0 Å². The predicted octanol–water partition coefficient (Wildman–Crippen LogP) is 1.00. The summed E-state index contributed by atoms with van der Waals surface area (Å²) in [5.41, 5.74) is 0.594. The topological polar surface area (TPSA) is 55.8 Å². The minimum Gasteiger partial charge on any atom is -0.382 e. The summed E-state index contributed by atoms with van der Waals surface area (Å²) in [5.74, 6) is -0.545. The number of hydrogen-bond donors (Lipinski definition) is 0. The molecule has 0 amide bonds. The Kier molecular flexibility index (Phi) is 3.72. The van der Waals surface area contributed by atoms with E-state index >= 15 is 0 Å². The number of rotatable bonds is 3. The van der Waals surface area contributed by atoms with Crippen LogP contribution in [0.4, 0.5) is 10.1 Å². The molecular formula is C11H14FNO4S. The second-order valence-electron chi connectivity index (χ2n) is 4.03. The molecule has 1 aliphatic rings. The van der Waals surface area contributed by atoms with Crippen molar-refractivity contribution in [3.63, 3.8) is 0 Å². The van der Waals surface area contributed by atoms with Gasteiger partial charge in [-0.1, -0.05) is 0 Å². The third-order valence-electron chi connectivity index (χ3n) is 2.48. The van der Waals surface area contributed by atoms with Crippen molar-refractivity contribution >= 4 is 15.8 Å². The monoisotopic (exact) mass is 275 g/mol. The van der Waals surface area contributed by atoms with Gasteiger partial charge in [0.15, 0.2) is 0 Å². The van der Waals surface area contributed by atoms with Crippen molar-refractivity contribution in [2.45, 2.75) is 0 Å². The van der Waals surface area contributed by atoms with Crippen molar-refractivity contribution in [2.24, 2.45) is 0 Å². The van der Waals surface area contributed by atoms with Crippen molar-refractivity contribution in [3.05, 3.63) is 24.0 Å². The van der Waals surface area contributed by atoms with Crippen LogP contribution in [0.1, 0.15) is 0 Å². The van der Waals surface area contributed by atoms with Crippen LogP contribution in [0.5, 0.6) is 5.75 Å². The lowest BCUT2D eigenvalue weighted by atomic mass is 10.2. The first-order chi connectivity index (χ1) is 8.44. The SMILES string of the molecule is CS(=O)(=O)Oc1cc(F)cc(N2CCOCC2)c1. The fourth-order valence-electron chi connectivity index (χ4n) is 1.77. The largest absolute Gasteiger partial charge is 0.382 e. The molecule has 0 N–H and O–H groups in total. The predicted molar refractivity (Wildman–Crippen MR) is 64.9 cm³/mol. The molecule has 2 rings (SSSR count). The average molecular weight is 275 g/mol. The second kappa shape index (κ2) is 5.11. The molecular weight excluding hydrogens is 261 g/mol. The van der Waals surface area contributed by atoms with Gasteiger partial charge in [0, 0.05) is 30.9 Å². The molecule has 0 atom stereocenters. The molecule has 100 valence electrons. The van der Waals surface area contributed by atoms with Crippen LogP contribution in [-0.2, 0) is 14.9 Å². The Morgan fingerprint density at radius 1 is 1.28 bits per heavy atom. The standard InChI is InChI=1S/C11H14FNO4S/c1-18(14,15)17-11-7-9(12)6-10(8-11)13-2-4-16-5-3-13/h6-8H,2-5H2,1H3. The number of anilines is 1. The molecule has 1 aromatic carbocycles. The van der Waals surface area contributed by atoms with Gasteiger partial charge in [0.25, 0.3) is 0 Å². The van der Waals surface area contributed by atoms with Crippen LogP contribution in [-0.4, -0.2) is 41.0 Å². The van der Waals surface area contributed by atoms with Crippen molar-refractivity contribution < 1.29 is 21.7 Å². The zero-order valence-electron chi connectivity index (χ0n) is 9.93. The van der Waals surface area contributed by atoms with Gasteiger partial charge in [0.2, 0.25) is 0 Å². The van der Waals surface area contributed by atoms with Crippen LogP contribution >= 0.6 is 0 Å². The molecule has 5 nitrogen and oxygen atoms in total. The summed E-state index contributed by atoms with van der Waals surface area (Å²) in [7, 11) is -3.65. The van der Waals surface area contributed by atoms with E-state index in [1.54, 1.807) is 0 Å². The van der Waals surface area contributed by atoms with Gasteiger partial charge in [0.1, 0.15) is 11.6 Å². The molecule has 1 fully saturated rings. The molecule has 1 saturated heterocycles. The maximum atomic E-state index is 13.4. The van der Waals surface area contributed by atoms with Gasteiger partial charge < -0.3 is 13.8 Å². The number of benzene rings is 1. The van der Waals surface area contributed by atoms with E-state index in [1.165, 1.54) is 12.1 Å². The zero-order valence-corrected chi connectivity index (χ0v) is 10.7. The van der Waals surface area contributed by atoms with Gasteiger partial charge in [-0.05, 0) is 6.07 Å². The van der Waals surface area contributed by atoms with Crippen LogP contribution < -0.4 is 9.08 Å². The summed E-state index contributed by atoms with van der Waals surface area (Å²) in [6.07, 6.45) is 0.923. The molecule has 0 aromatic heterocycles. The second-order valence-corrected chi connectivity index (χ2v) is 5.61. The van der Waals surface area contributed by atoms with Crippen molar-refractivity contribution in [2.75, 3.05) is 37.5 Å². The van der Waals surface area contributed by atoms with Gasteiger partial charge in [-0.2, -0.15) is 8.42 Å². The highest BCUT2D eigenvalue weighted by molar-refractivity contribution is 7.86. The lowest BCUT2D eigenvalue weighted by Crippen LogP contribution is -2.36. The Bertz CT molecular complexity index is 526. The fourth-order valence-corrected chi connectivity index (χ4v) is 2.22. The highest BCUT2D eigenvalue weighted by atomic mass is 32.2. The van der Waals surface area contributed by atoms with Crippen LogP contribution in [0.15, 0.2) is 18.2 Å². The third kappa shape index (κ3) is 3.58. The van der Waals surface area contributed by atoms with E-state index in [9.17, 15) is 12.8 Å². The highest BCUT2D eigenvalue weighted by Crippen LogP contribution is 2.25. The summed E-state index contributed by atoms with van der Waals surface area (Å²) in [6, 6.07) is 3.90. The van der Waals surface area contributed by atoms with E-state index in [2.05, 4.69) is 4.18 Å². The van der Waals surface area contributed by atoms with Gasteiger partial charge in [-0.15, -0.1) is 0 Å². The smallest absolute Gasteiger partial charge is 0.306 e. The van der Waals surface area contributed by atoms with E-state index in [1.807, 2.05) is 4.90 Å². The summed E-state index contributed by atoms with van der Waals surface area (Å²) in [5, 5.41) is 0. The normalized spacial score (nSPS) is 16.7. The Balaban J connectivity index is 2.25. The van der Waals surface area contributed by atoms with E-state index in [4.69, 9.17) is 4.74 Å². The molecule has 0 saturated carbocycles. The number of ether oxygens (including phenoxy) is 1. The van der Waals surface area contributed by atoms with E-state index in [0.717, 1.165) is 12.3 Å². The molecule has 0 bridgehead atoms. The Labute approximate surface area is 105 Å². The lowest BCUT2D eigenvalue weighted by molar-refractivity contribution is 0.122. The molecule has 1 aliphatic heterocycles. The van der Waals surface area contributed by atoms with Crippen LogP contribution in [0, 0.1) is 5.82 Å². The summed E-state index contributed by atoms with van der Waals surface area (Å²) < 4.78 is 45.4. The zero-order chi connectivity index (χ0) is 13.2. The Morgan fingerprint density at radius 2 is 1.94 bits per heavy atom. The maximum absolute atomic E-state index is 13.4. The van der Waals surface area contributed by atoms with Gasteiger partial charge >= 0.3 is 10.1 Å². The third-order valence-corrected chi connectivity index (χ3v) is 2.98. The number of halogens is 1. The summed E-state index contributed by atoms with van der Waals surface area (Å²) in [4.78, 5) is 1.92. The Hall–Kier alpha value is -1.34. The molecule has 7 heteroatoms. The first-order valence-corrected chi connectivity index (χ1v) is 7.28. The molecule has 0 spiro atoms. The minimum atomic E-state index is -3.65. The average Bonchev–Trinajstić information content (AvgIpc) is 2.27. The number of morpholine rings is 1. The first-order valence-electron chi connectivity index (χ1n) is 5.47. The lowest BCUT2D eigenvalue weighted by Gasteiger charge is -2.29. The molecule has 1 aromatic rings. The van der Waals surface area contributed by atoms with Crippen molar-refractivity contribution in [1.29, 1.82) is 0 Å². The summed E-state index contributed by atoms with van der Waals surface area (Å²) in [6.45, 7) is 2.42. The fraction of sp³-hybridized carbons (Fsp3) is 0.455. The van der Waals surface area contributed by atoms with Crippen LogP contribution in [0.25, 0.3) is 0 Å². The van der Waals surface area contributed by atoms with E-state index in [-0.39, 0.29) is 5.75 Å². The minimum absolute atomic E-state index is 0.0148. The molecule has 0 unspecified atom stereocenters. The molecule has 18 heavy (non-hydrogen) atoms. The summed E-state index contributed by atoms with van der Waals surface area (Å²) >= 11 is 0. The first kappa shape index (κ1) is 13.1. The molecule has 0 aliphatic carbocycles.